The Balaban J connectivity index is 1.78. The highest BCUT2D eigenvalue weighted by molar-refractivity contribution is 5.87. The monoisotopic (exact) mass is 247 g/mol. The molecule has 0 aromatic heterocycles. The predicted molar refractivity (Wildman–Crippen MR) is 67.5 cm³/mol. The van der Waals surface area contributed by atoms with E-state index in [1.54, 1.807) is 24.3 Å². The second kappa shape index (κ2) is 5.67. The minimum absolute atomic E-state index is 0.0852. The van der Waals surface area contributed by atoms with Crippen molar-refractivity contribution in [3.63, 3.8) is 0 Å². The summed E-state index contributed by atoms with van der Waals surface area (Å²) < 4.78 is 0. The van der Waals surface area contributed by atoms with Gasteiger partial charge in [0.1, 0.15) is 0 Å². The van der Waals surface area contributed by atoms with E-state index in [-0.39, 0.29) is 11.5 Å². The van der Waals surface area contributed by atoms with E-state index in [9.17, 15) is 9.59 Å². The number of carboxylic acids is 1. The summed E-state index contributed by atoms with van der Waals surface area (Å²) in [4.78, 5) is 22.3. The van der Waals surface area contributed by atoms with Gasteiger partial charge in [0.05, 0.1) is 5.56 Å². The first kappa shape index (κ1) is 12.6. The number of rotatable bonds is 5. The zero-order valence-corrected chi connectivity index (χ0v) is 10.2. The number of aryl methyl sites for hydroxylation is 1. The van der Waals surface area contributed by atoms with Gasteiger partial charge in [0, 0.05) is 12.5 Å². The number of benzene rings is 1. The minimum Gasteiger partial charge on any atom is -0.478 e. The van der Waals surface area contributed by atoms with Gasteiger partial charge in [-0.05, 0) is 43.4 Å². The highest BCUT2D eigenvalue weighted by atomic mass is 16.4. The van der Waals surface area contributed by atoms with Crippen LogP contribution in [0.15, 0.2) is 24.3 Å². The van der Waals surface area contributed by atoms with Gasteiger partial charge in [-0.3, -0.25) is 4.79 Å². The van der Waals surface area contributed by atoms with Gasteiger partial charge in [-0.2, -0.15) is 0 Å². The van der Waals surface area contributed by atoms with E-state index in [1.165, 1.54) is 6.42 Å². The predicted octanol–water partition coefficient (Wildman–Crippen LogP) is 1.99. The van der Waals surface area contributed by atoms with Crippen molar-refractivity contribution in [2.75, 3.05) is 0 Å². The quantitative estimate of drug-likeness (QED) is 0.836. The normalized spacial score (nSPS) is 14.9. The highest BCUT2D eigenvalue weighted by Gasteiger charge is 2.18. The standard InChI is InChI=1S/C14H17NO3/c16-13(15-12-2-1-3-12)9-6-10-4-7-11(8-5-10)14(17)18/h4-5,7-8,12H,1-3,6,9H2,(H,15,16)(H,17,18). The van der Waals surface area contributed by atoms with Crippen LogP contribution in [0.3, 0.4) is 0 Å². The number of nitrogens with one attached hydrogen (secondary N) is 1. The summed E-state index contributed by atoms with van der Waals surface area (Å²) in [6.45, 7) is 0. The molecule has 1 saturated carbocycles. The molecule has 1 aliphatic carbocycles. The lowest BCUT2D eigenvalue weighted by molar-refractivity contribution is -0.122. The minimum atomic E-state index is -0.927. The third kappa shape index (κ3) is 3.32. The van der Waals surface area contributed by atoms with Gasteiger partial charge in [0.25, 0.3) is 0 Å². The number of carboxylic acid groups (broad SMARTS) is 1. The summed E-state index contributed by atoms with van der Waals surface area (Å²) in [7, 11) is 0. The highest BCUT2D eigenvalue weighted by Crippen LogP contribution is 2.18. The molecule has 2 rings (SSSR count). The third-order valence-electron chi connectivity index (χ3n) is 3.31. The van der Waals surface area contributed by atoms with Crippen LogP contribution >= 0.6 is 0 Å². The van der Waals surface area contributed by atoms with Gasteiger partial charge in [-0.15, -0.1) is 0 Å². The van der Waals surface area contributed by atoms with E-state index in [2.05, 4.69) is 5.32 Å². The molecule has 1 aliphatic rings. The van der Waals surface area contributed by atoms with Crippen molar-refractivity contribution in [2.24, 2.45) is 0 Å². The Labute approximate surface area is 106 Å². The van der Waals surface area contributed by atoms with Crippen molar-refractivity contribution < 1.29 is 14.7 Å². The molecule has 1 fully saturated rings. The lowest BCUT2D eigenvalue weighted by Gasteiger charge is -2.26. The Morgan fingerprint density at radius 2 is 1.89 bits per heavy atom. The zero-order chi connectivity index (χ0) is 13.0. The molecule has 0 spiro atoms. The molecule has 1 aromatic carbocycles. The number of amides is 1. The van der Waals surface area contributed by atoms with Gasteiger partial charge in [0.15, 0.2) is 0 Å². The van der Waals surface area contributed by atoms with E-state index >= 15 is 0 Å². The Kier molecular flexibility index (Phi) is 3.97. The molecule has 0 radical (unpaired) electrons. The van der Waals surface area contributed by atoms with E-state index in [0.717, 1.165) is 18.4 Å². The largest absolute Gasteiger partial charge is 0.478 e. The topological polar surface area (TPSA) is 66.4 Å². The molecule has 0 aliphatic heterocycles. The molecule has 0 heterocycles. The fraction of sp³-hybridized carbons (Fsp3) is 0.429. The van der Waals surface area contributed by atoms with Crippen molar-refractivity contribution in [3.8, 4) is 0 Å². The molecule has 0 saturated heterocycles. The lowest BCUT2D eigenvalue weighted by atomic mass is 9.93. The van der Waals surface area contributed by atoms with E-state index < -0.39 is 5.97 Å². The van der Waals surface area contributed by atoms with Gasteiger partial charge in [-0.25, -0.2) is 4.79 Å². The van der Waals surface area contributed by atoms with Crippen molar-refractivity contribution in [3.05, 3.63) is 35.4 Å². The molecular weight excluding hydrogens is 230 g/mol. The van der Waals surface area contributed by atoms with Crippen LogP contribution in [0.4, 0.5) is 0 Å². The smallest absolute Gasteiger partial charge is 0.335 e. The number of hydrogen-bond donors (Lipinski definition) is 2. The number of hydrogen-bond acceptors (Lipinski definition) is 2. The van der Waals surface area contributed by atoms with Crippen LogP contribution in [-0.4, -0.2) is 23.0 Å². The molecule has 2 N–H and O–H groups in total. The van der Waals surface area contributed by atoms with Gasteiger partial charge in [0.2, 0.25) is 5.91 Å². The molecule has 0 atom stereocenters. The second-order valence-corrected chi connectivity index (χ2v) is 4.70. The summed E-state index contributed by atoms with van der Waals surface area (Å²) in [5, 5.41) is 11.7. The fourth-order valence-electron chi connectivity index (χ4n) is 1.92. The lowest BCUT2D eigenvalue weighted by Crippen LogP contribution is -2.39. The van der Waals surface area contributed by atoms with Crippen LogP contribution in [0, 0.1) is 0 Å². The SMILES string of the molecule is O=C(CCc1ccc(C(=O)O)cc1)NC1CCC1. The Hall–Kier alpha value is -1.84. The molecule has 18 heavy (non-hydrogen) atoms. The van der Waals surface area contributed by atoms with Crippen LogP contribution in [-0.2, 0) is 11.2 Å². The summed E-state index contributed by atoms with van der Waals surface area (Å²) >= 11 is 0. The first-order valence-electron chi connectivity index (χ1n) is 6.27. The van der Waals surface area contributed by atoms with Crippen LogP contribution in [0.25, 0.3) is 0 Å². The average Bonchev–Trinajstić information content (AvgIpc) is 2.32. The number of aromatic carboxylic acids is 1. The maximum atomic E-state index is 11.6. The van der Waals surface area contributed by atoms with Gasteiger partial charge >= 0.3 is 5.97 Å². The van der Waals surface area contributed by atoms with Crippen LogP contribution in [0.2, 0.25) is 0 Å². The van der Waals surface area contributed by atoms with Crippen molar-refractivity contribution in [2.45, 2.75) is 38.1 Å². The molecule has 1 aromatic rings. The van der Waals surface area contributed by atoms with E-state index in [1.807, 2.05) is 0 Å². The third-order valence-corrected chi connectivity index (χ3v) is 3.31. The average molecular weight is 247 g/mol. The van der Waals surface area contributed by atoms with E-state index in [0.29, 0.717) is 18.9 Å². The molecular formula is C14H17NO3. The first-order chi connectivity index (χ1) is 8.65. The Bertz CT molecular complexity index is 435. The number of carbonyl (C=O) groups is 2. The van der Waals surface area contributed by atoms with Crippen LogP contribution < -0.4 is 5.32 Å². The Morgan fingerprint density at radius 1 is 1.22 bits per heavy atom. The van der Waals surface area contributed by atoms with Crippen molar-refractivity contribution >= 4 is 11.9 Å². The maximum Gasteiger partial charge on any atom is 0.335 e. The summed E-state index contributed by atoms with van der Waals surface area (Å²) in [6.07, 6.45) is 4.51. The molecule has 4 heteroatoms. The molecule has 0 unspecified atom stereocenters. The van der Waals surface area contributed by atoms with Gasteiger partial charge < -0.3 is 10.4 Å². The fourth-order valence-corrected chi connectivity index (χ4v) is 1.92. The zero-order valence-electron chi connectivity index (χ0n) is 10.2. The van der Waals surface area contributed by atoms with E-state index in [4.69, 9.17) is 5.11 Å². The molecule has 1 amide bonds. The summed E-state index contributed by atoms with van der Waals surface area (Å²) in [6, 6.07) is 7.05. The van der Waals surface area contributed by atoms with Gasteiger partial charge in [-0.1, -0.05) is 12.1 Å². The Morgan fingerprint density at radius 3 is 2.39 bits per heavy atom. The molecule has 4 nitrogen and oxygen atoms in total. The van der Waals surface area contributed by atoms with Crippen molar-refractivity contribution in [1.29, 1.82) is 0 Å². The second-order valence-electron chi connectivity index (χ2n) is 4.70. The summed E-state index contributed by atoms with van der Waals surface area (Å²) in [5.74, 6) is -0.841. The number of carbonyl (C=O) groups excluding carboxylic acids is 1. The van der Waals surface area contributed by atoms with Crippen molar-refractivity contribution in [1.82, 2.24) is 5.32 Å². The van der Waals surface area contributed by atoms with Crippen LogP contribution in [0.5, 0.6) is 0 Å². The maximum absolute atomic E-state index is 11.6. The first-order valence-corrected chi connectivity index (χ1v) is 6.27. The molecule has 0 bridgehead atoms. The summed E-state index contributed by atoms with van der Waals surface area (Å²) in [5.41, 5.74) is 1.27. The molecule has 96 valence electrons. The van der Waals surface area contributed by atoms with Crippen LogP contribution in [0.1, 0.15) is 41.6 Å².